The second-order valence-corrected chi connectivity index (χ2v) is 5.93. The molecule has 1 aliphatic rings. The molecule has 0 saturated carbocycles. The first kappa shape index (κ1) is 15.1. The molecule has 0 aromatic heterocycles. The summed E-state index contributed by atoms with van der Waals surface area (Å²) in [6, 6.07) is 15.0. The zero-order valence-electron chi connectivity index (χ0n) is 13.0. The van der Waals surface area contributed by atoms with Crippen molar-refractivity contribution in [1.29, 1.82) is 0 Å². The highest BCUT2D eigenvalue weighted by Gasteiger charge is 2.18. The smallest absolute Gasteiger partial charge is 0.119 e. The summed E-state index contributed by atoms with van der Waals surface area (Å²) in [5.41, 5.74) is 5.04. The summed E-state index contributed by atoms with van der Waals surface area (Å²) >= 11 is 0. The summed E-state index contributed by atoms with van der Waals surface area (Å²) in [4.78, 5) is 0. The minimum Gasteiger partial charge on any atom is -0.497 e. The maximum Gasteiger partial charge on any atom is 0.119 e. The van der Waals surface area contributed by atoms with Gasteiger partial charge in [-0.05, 0) is 53.6 Å². The highest BCUT2D eigenvalue weighted by atomic mass is 16.5. The van der Waals surface area contributed by atoms with Crippen LogP contribution in [0.3, 0.4) is 0 Å². The lowest BCUT2D eigenvalue weighted by Crippen LogP contribution is -2.34. The molecule has 0 unspecified atom stereocenters. The maximum atomic E-state index is 9.21. The van der Waals surface area contributed by atoms with Crippen LogP contribution in [-0.4, -0.2) is 18.3 Å². The Labute approximate surface area is 131 Å². The second kappa shape index (κ2) is 6.95. The standard InChI is InChI=1S/C19H23NO2/c1-22-19-8-6-16-5-7-18(10-17(16)11-19)20-12-14-3-2-4-15(9-14)13-21/h2-4,6,8-9,11,18,20-21H,5,7,10,12-13H2,1H3/t18-/m1/s1. The molecule has 0 aliphatic heterocycles. The topological polar surface area (TPSA) is 41.5 Å². The van der Waals surface area contributed by atoms with E-state index in [0.717, 1.165) is 30.7 Å². The number of hydrogen-bond acceptors (Lipinski definition) is 3. The number of aliphatic hydroxyl groups is 1. The van der Waals surface area contributed by atoms with Gasteiger partial charge < -0.3 is 15.2 Å². The lowest BCUT2D eigenvalue weighted by Gasteiger charge is -2.26. The fourth-order valence-electron chi connectivity index (χ4n) is 3.13. The van der Waals surface area contributed by atoms with Crippen LogP contribution in [0.25, 0.3) is 0 Å². The molecule has 0 heterocycles. The monoisotopic (exact) mass is 297 g/mol. The third kappa shape index (κ3) is 3.49. The molecular formula is C19H23NO2. The van der Waals surface area contributed by atoms with Crippen LogP contribution in [0.4, 0.5) is 0 Å². The number of ether oxygens (including phenoxy) is 1. The van der Waals surface area contributed by atoms with Crippen molar-refractivity contribution in [1.82, 2.24) is 5.32 Å². The highest BCUT2D eigenvalue weighted by Crippen LogP contribution is 2.25. The zero-order chi connectivity index (χ0) is 15.4. The van der Waals surface area contributed by atoms with Crippen molar-refractivity contribution in [3.05, 3.63) is 64.7 Å². The number of fused-ring (bicyclic) bond motifs is 1. The van der Waals surface area contributed by atoms with Crippen LogP contribution in [0.5, 0.6) is 5.75 Å². The Morgan fingerprint density at radius 3 is 2.82 bits per heavy atom. The first-order valence-corrected chi connectivity index (χ1v) is 7.86. The van der Waals surface area contributed by atoms with Gasteiger partial charge in [0.2, 0.25) is 0 Å². The molecule has 0 spiro atoms. The molecule has 3 heteroatoms. The van der Waals surface area contributed by atoms with Gasteiger partial charge in [-0.15, -0.1) is 0 Å². The zero-order valence-corrected chi connectivity index (χ0v) is 13.0. The second-order valence-electron chi connectivity index (χ2n) is 5.93. The summed E-state index contributed by atoms with van der Waals surface area (Å²) in [6.07, 6.45) is 3.33. The largest absolute Gasteiger partial charge is 0.497 e. The molecule has 3 rings (SSSR count). The molecule has 2 N–H and O–H groups in total. The van der Waals surface area contributed by atoms with E-state index >= 15 is 0 Å². The van der Waals surface area contributed by atoms with Gasteiger partial charge in [0.15, 0.2) is 0 Å². The SMILES string of the molecule is COc1ccc2c(c1)C[C@H](NCc1cccc(CO)c1)CC2. The number of aryl methyl sites for hydroxylation is 1. The molecule has 0 amide bonds. The van der Waals surface area contributed by atoms with Crippen LogP contribution in [0.15, 0.2) is 42.5 Å². The van der Waals surface area contributed by atoms with Gasteiger partial charge in [-0.3, -0.25) is 0 Å². The third-order valence-corrected chi connectivity index (χ3v) is 4.41. The van der Waals surface area contributed by atoms with E-state index in [-0.39, 0.29) is 6.61 Å². The van der Waals surface area contributed by atoms with Crippen molar-refractivity contribution in [2.45, 2.75) is 38.5 Å². The summed E-state index contributed by atoms with van der Waals surface area (Å²) in [5, 5.41) is 12.9. The molecule has 0 saturated heterocycles. The Bertz CT molecular complexity index is 639. The molecule has 2 aromatic carbocycles. The Kier molecular flexibility index (Phi) is 4.76. The predicted octanol–water partition coefficient (Wildman–Crippen LogP) is 2.83. The Morgan fingerprint density at radius 1 is 1.14 bits per heavy atom. The highest BCUT2D eigenvalue weighted by molar-refractivity contribution is 5.38. The van der Waals surface area contributed by atoms with E-state index in [4.69, 9.17) is 4.74 Å². The van der Waals surface area contributed by atoms with Gasteiger partial charge in [-0.25, -0.2) is 0 Å². The Morgan fingerprint density at radius 2 is 2.00 bits per heavy atom. The van der Waals surface area contributed by atoms with Crippen LogP contribution in [0.2, 0.25) is 0 Å². The van der Waals surface area contributed by atoms with Crippen LogP contribution in [0.1, 0.15) is 28.7 Å². The molecular weight excluding hydrogens is 274 g/mol. The van der Waals surface area contributed by atoms with Crippen molar-refractivity contribution in [3.8, 4) is 5.75 Å². The van der Waals surface area contributed by atoms with Gasteiger partial charge in [0, 0.05) is 12.6 Å². The molecule has 22 heavy (non-hydrogen) atoms. The Balaban J connectivity index is 1.62. The van der Waals surface area contributed by atoms with Crippen LogP contribution >= 0.6 is 0 Å². The van der Waals surface area contributed by atoms with Crippen molar-refractivity contribution in [2.75, 3.05) is 7.11 Å². The van der Waals surface area contributed by atoms with E-state index in [2.05, 4.69) is 29.6 Å². The van der Waals surface area contributed by atoms with Crippen LogP contribution in [0, 0.1) is 0 Å². The summed E-state index contributed by atoms with van der Waals surface area (Å²) in [7, 11) is 1.72. The Hall–Kier alpha value is -1.84. The molecule has 0 fully saturated rings. The van der Waals surface area contributed by atoms with Crippen molar-refractivity contribution < 1.29 is 9.84 Å². The minimum absolute atomic E-state index is 0.102. The molecule has 3 nitrogen and oxygen atoms in total. The number of aliphatic hydroxyl groups excluding tert-OH is 1. The van der Waals surface area contributed by atoms with Gasteiger partial charge in [0.1, 0.15) is 5.75 Å². The lowest BCUT2D eigenvalue weighted by atomic mass is 9.88. The molecule has 2 aromatic rings. The van der Waals surface area contributed by atoms with Crippen molar-refractivity contribution >= 4 is 0 Å². The van der Waals surface area contributed by atoms with E-state index in [1.165, 1.54) is 23.1 Å². The molecule has 116 valence electrons. The van der Waals surface area contributed by atoms with Crippen LogP contribution < -0.4 is 10.1 Å². The summed E-state index contributed by atoms with van der Waals surface area (Å²) in [5.74, 6) is 0.940. The fraction of sp³-hybridized carbons (Fsp3) is 0.368. The number of rotatable bonds is 5. The van der Waals surface area contributed by atoms with E-state index in [9.17, 15) is 5.11 Å². The quantitative estimate of drug-likeness (QED) is 0.891. The van der Waals surface area contributed by atoms with Gasteiger partial charge in [-0.1, -0.05) is 30.3 Å². The molecule has 1 aliphatic carbocycles. The fourth-order valence-corrected chi connectivity index (χ4v) is 3.13. The normalized spacial score (nSPS) is 17.1. The third-order valence-electron chi connectivity index (χ3n) is 4.41. The first-order chi connectivity index (χ1) is 10.8. The number of nitrogens with one attached hydrogen (secondary N) is 1. The maximum absolute atomic E-state index is 9.21. The average Bonchev–Trinajstić information content (AvgIpc) is 2.59. The van der Waals surface area contributed by atoms with Crippen molar-refractivity contribution in [3.63, 3.8) is 0 Å². The predicted molar refractivity (Wildman–Crippen MR) is 88.0 cm³/mol. The number of benzene rings is 2. The minimum atomic E-state index is 0.102. The van der Waals surface area contributed by atoms with E-state index < -0.39 is 0 Å². The first-order valence-electron chi connectivity index (χ1n) is 7.86. The van der Waals surface area contributed by atoms with Crippen LogP contribution in [-0.2, 0) is 26.0 Å². The number of methoxy groups -OCH3 is 1. The van der Waals surface area contributed by atoms with Gasteiger partial charge >= 0.3 is 0 Å². The van der Waals surface area contributed by atoms with Gasteiger partial charge in [0.05, 0.1) is 13.7 Å². The summed E-state index contributed by atoms with van der Waals surface area (Å²) in [6.45, 7) is 0.947. The molecule has 1 atom stereocenters. The van der Waals surface area contributed by atoms with E-state index in [0.29, 0.717) is 6.04 Å². The molecule has 0 bridgehead atoms. The van der Waals surface area contributed by atoms with E-state index in [1.807, 2.05) is 18.2 Å². The average molecular weight is 297 g/mol. The molecule has 0 radical (unpaired) electrons. The number of hydrogen-bond donors (Lipinski definition) is 2. The van der Waals surface area contributed by atoms with Crippen molar-refractivity contribution in [2.24, 2.45) is 0 Å². The van der Waals surface area contributed by atoms with Gasteiger partial charge in [-0.2, -0.15) is 0 Å². The lowest BCUT2D eigenvalue weighted by molar-refractivity contribution is 0.281. The van der Waals surface area contributed by atoms with E-state index in [1.54, 1.807) is 7.11 Å². The van der Waals surface area contributed by atoms with Gasteiger partial charge in [0.25, 0.3) is 0 Å². The summed E-state index contributed by atoms with van der Waals surface area (Å²) < 4.78 is 5.33.